The first-order chi connectivity index (χ1) is 10.1. The highest BCUT2D eigenvalue weighted by molar-refractivity contribution is 9.10. The molecule has 1 aromatic heterocycles. The fourth-order valence-electron chi connectivity index (χ4n) is 1.59. The van der Waals surface area contributed by atoms with Crippen LogP contribution in [0.15, 0.2) is 45.5 Å². The van der Waals surface area contributed by atoms with Gasteiger partial charge in [-0.25, -0.2) is 0 Å². The monoisotopic (exact) mass is 370 g/mol. The molecule has 0 aliphatic rings. The molecule has 0 saturated carbocycles. The number of nitrogens with one attached hydrogen (secondary N) is 2. The summed E-state index contributed by atoms with van der Waals surface area (Å²) in [4.78, 5) is 23.5. The molecule has 0 unspecified atom stereocenters. The molecular formula is C14H12BrClN2O3. The SMILES string of the molecule is O=C(CNC(=O)c1ccc(Br)cc1Cl)NCc1ccco1. The second-order valence-electron chi connectivity index (χ2n) is 4.16. The molecule has 110 valence electrons. The maximum Gasteiger partial charge on any atom is 0.253 e. The van der Waals surface area contributed by atoms with Gasteiger partial charge in [-0.15, -0.1) is 0 Å². The second kappa shape index (κ2) is 7.28. The van der Waals surface area contributed by atoms with E-state index >= 15 is 0 Å². The summed E-state index contributed by atoms with van der Waals surface area (Å²) in [5, 5.41) is 5.45. The Labute approximate surface area is 134 Å². The van der Waals surface area contributed by atoms with Crippen molar-refractivity contribution in [3.05, 3.63) is 57.4 Å². The number of rotatable bonds is 5. The van der Waals surface area contributed by atoms with Gasteiger partial charge < -0.3 is 15.1 Å². The molecule has 2 N–H and O–H groups in total. The van der Waals surface area contributed by atoms with Crippen LogP contribution in [0, 0.1) is 0 Å². The number of hydrogen-bond acceptors (Lipinski definition) is 3. The third-order valence-corrected chi connectivity index (χ3v) is 3.43. The molecule has 0 aliphatic carbocycles. The molecule has 1 heterocycles. The molecule has 1 aromatic carbocycles. The average Bonchev–Trinajstić information content (AvgIpc) is 2.95. The topological polar surface area (TPSA) is 71.3 Å². The highest BCUT2D eigenvalue weighted by Gasteiger charge is 2.12. The van der Waals surface area contributed by atoms with Crippen molar-refractivity contribution in [3.63, 3.8) is 0 Å². The lowest BCUT2D eigenvalue weighted by molar-refractivity contribution is -0.120. The molecule has 0 spiro atoms. The predicted octanol–water partition coefficient (Wildman–Crippen LogP) is 2.74. The average molecular weight is 372 g/mol. The third-order valence-electron chi connectivity index (χ3n) is 2.63. The van der Waals surface area contributed by atoms with Crippen LogP contribution in [0.25, 0.3) is 0 Å². The molecule has 7 heteroatoms. The summed E-state index contributed by atoms with van der Waals surface area (Å²) in [5.74, 6) is -0.0701. The van der Waals surface area contributed by atoms with Crippen LogP contribution < -0.4 is 10.6 Å². The number of benzene rings is 1. The van der Waals surface area contributed by atoms with Crippen LogP contribution in [0.4, 0.5) is 0 Å². The predicted molar refractivity (Wildman–Crippen MR) is 82.0 cm³/mol. The van der Waals surface area contributed by atoms with E-state index in [0.29, 0.717) is 16.3 Å². The summed E-state index contributed by atoms with van der Waals surface area (Å²) in [6.07, 6.45) is 1.53. The van der Waals surface area contributed by atoms with Crippen LogP contribution in [0.2, 0.25) is 5.02 Å². The molecule has 0 atom stereocenters. The van der Waals surface area contributed by atoms with Crippen LogP contribution in [0.3, 0.4) is 0 Å². The van der Waals surface area contributed by atoms with Crippen molar-refractivity contribution in [1.82, 2.24) is 10.6 Å². The van der Waals surface area contributed by atoms with Crippen LogP contribution in [-0.2, 0) is 11.3 Å². The smallest absolute Gasteiger partial charge is 0.253 e. The van der Waals surface area contributed by atoms with Crippen LogP contribution in [0.5, 0.6) is 0 Å². The molecule has 0 bridgehead atoms. The van der Waals surface area contributed by atoms with E-state index in [4.69, 9.17) is 16.0 Å². The lowest BCUT2D eigenvalue weighted by atomic mass is 10.2. The van der Waals surface area contributed by atoms with Gasteiger partial charge in [0.1, 0.15) is 5.76 Å². The van der Waals surface area contributed by atoms with E-state index in [9.17, 15) is 9.59 Å². The zero-order valence-corrected chi connectivity index (χ0v) is 13.2. The lowest BCUT2D eigenvalue weighted by Gasteiger charge is -2.07. The molecule has 2 amide bonds. The van der Waals surface area contributed by atoms with E-state index in [0.717, 1.165) is 4.47 Å². The molecule has 5 nitrogen and oxygen atoms in total. The first-order valence-corrected chi connectivity index (χ1v) is 7.25. The summed E-state index contributed by atoms with van der Waals surface area (Å²) in [6, 6.07) is 8.40. The number of hydrogen-bond donors (Lipinski definition) is 2. The minimum absolute atomic E-state index is 0.133. The normalized spacial score (nSPS) is 10.2. The minimum Gasteiger partial charge on any atom is -0.467 e. The van der Waals surface area contributed by atoms with Gasteiger partial charge in [0, 0.05) is 4.47 Å². The van der Waals surface area contributed by atoms with Gasteiger partial charge in [-0.05, 0) is 30.3 Å². The molecule has 0 saturated heterocycles. The molecular weight excluding hydrogens is 360 g/mol. The van der Waals surface area contributed by atoms with Gasteiger partial charge >= 0.3 is 0 Å². The van der Waals surface area contributed by atoms with Gasteiger partial charge in [0.2, 0.25) is 5.91 Å². The van der Waals surface area contributed by atoms with E-state index in [1.807, 2.05) is 0 Å². The summed E-state index contributed by atoms with van der Waals surface area (Å²) in [7, 11) is 0. The number of halogens is 2. The van der Waals surface area contributed by atoms with E-state index < -0.39 is 5.91 Å². The molecule has 0 radical (unpaired) electrons. The van der Waals surface area contributed by atoms with Gasteiger partial charge in [0.25, 0.3) is 5.91 Å². The number of furan rings is 1. The molecule has 2 aromatic rings. The Morgan fingerprint density at radius 1 is 1.24 bits per heavy atom. The van der Waals surface area contributed by atoms with Gasteiger partial charge in [-0.1, -0.05) is 27.5 Å². The zero-order chi connectivity index (χ0) is 15.2. The fourth-order valence-corrected chi connectivity index (χ4v) is 2.35. The maximum absolute atomic E-state index is 11.9. The summed E-state index contributed by atoms with van der Waals surface area (Å²) < 4.78 is 5.86. The Balaban J connectivity index is 1.81. The van der Waals surface area contributed by atoms with Crippen molar-refractivity contribution >= 4 is 39.3 Å². The van der Waals surface area contributed by atoms with Crippen LogP contribution in [-0.4, -0.2) is 18.4 Å². The quantitative estimate of drug-likeness (QED) is 0.849. The van der Waals surface area contributed by atoms with Crippen molar-refractivity contribution in [2.45, 2.75) is 6.54 Å². The van der Waals surface area contributed by atoms with Crippen molar-refractivity contribution in [2.75, 3.05) is 6.54 Å². The van der Waals surface area contributed by atoms with E-state index in [2.05, 4.69) is 26.6 Å². The molecule has 0 aliphatic heterocycles. The molecule has 21 heavy (non-hydrogen) atoms. The lowest BCUT2D eigenvalue weighted by Crippen LogP contribution is -2.36. The van der Waals surface area contributed by atoms with Crippen LogP contribution in [0.1, 0.15) is 16.1 Å². The number of amides is 2. The van der Waals surface area contributed by atoms with E-state index in [-0.39, 0.29) is 19.0 Å². The second-order valence-corrected chi connectivity index (χ2v) is 5.49. The third kappa shape index (κ3) is 4.61. The van der Waals surface area contributed by atoms with Crippen molar-refractivity contribution in [3.8, 4) is 0 Å². The van der Waals surface area contributed by atoms with E-state index in [1.165, 1.54) is 6.26 Å². The Morgan fingerprint density at radius 2 is 2.05 bits per heavy atom. The Kier molecular flexibility index (Phi) is 5.41. The Hall–Kier alpha value is -1.79. The zero-order valence-electron chi connectivity index (χ0n) is 10.9. The Bertz CT molecular complexity index is 644. The fraction of sp³-hybridized carbons (Fsp3) is 0.143. The first-order valence-electron chi connectivity index (χ1n) is 6.08. The number of carbonyl (C=O) groups is 2. The van der Waals surface area contributed by atoms with E-state index in [1.54, 1.807) is 30.3 Å². The van der Waals surface area contributed by atoms with Crippen molar-refractivity contribution in [2.24, 2.45) is 0 Å². The molecule has 2 rings (SSSR count). The summed E-state index contributed by atoms with van der Waals surface area (Å²) >= 11 is 9.22. The number of carbonyl (C=O) groups excluding carboxylic acids is 2. The first kappa shape index (κ1) is 15.6. The van der Waals surface area contributed by atoms with Gasteiger partial charge in [0.15, 0.2) is 0 Å². The van der Waals surface area contributed by atoms with Gasteiger partial charge in [-0.3, -0.25) is 9.59 Å². The summed E-state index contributed by atoms with van der Waals surface area (Å²) in [6.45, 7) is 0.146. The van der Waals surface area contributed by atoms with Gasteiger partial charge in [-0.2, -0.15) is 0 Å². The van der Waals surface area contributed by atoms with Crippen LogP contribution >= 0.6 is 27.5 Å². The largest absolute Gasteiger partial charge is 0.467 e. The highest BCUT2D eigenvalue weighted by atomic mass is 79.9. The maximum atomic E-state index is 11.9. The van der Waals surface area contributed by atoms with Crippen molar-refractivity contribution < 1.29 is 14.0 Å². The van der Waals surface area contributed by atoms with Crippen molar-refractivity contribution in [1.29, 1.82) is 0 Å². The van der Waals surface area contributed by atoms with Gasteiger partial charge in [0.05, 0.1) is 29.9 Å². The minimum atomic E-state index is -0.402. The summed E-state index contributed by atoms with van der Waals surface area (Å²) in [5.41, 5.74) is 0.318. The Morgan fingerprint density at radius 3 is 2.71 bits per heavy atom. The highest BCUT2D eigenvalue weighted by Crippen LogP contribution is 2.21. The standard InChI is InChI=1S/C14H12BrClN2O3/c15-9-3-4-11(12(16)6-9)14(20)18-8-13(19)17-7-10-2-1-5-21-10/h1-6H,7-8H2,(H,17,19)(H,18,20). The molecule has 0 fully saturated rings.